The van der Waals surface area contributed by atoms with Gasteiger partial charge in [-0.2, -0.15) is 0 Å². The third-order valence-electron chi connectivity index (χ3n) is 3.60. The molecule has 1 atom stereocenters. The molecule has 0 N–H and O–H groups in total. The Balaban J connectivity index is 2.21. The number of benzene rings is 1. The van der Waals surface area contributed by atoms with Crippen LogP contribution in [-0.2, 0) is 12.9 Å². The van der Waals surface area contributed by atoms with Crippen LogP contribution < -0.4 is 4.74 Å². The number of halogens is 1. The Bertz CT molecular complexity index is 779. The van der Waals surface area contributed by atoms with Crippen LogP contribution in [0.3, 0.4) is 0 Å². The van der Waals surface area contributed by atoms with E-state index in [1.165, 1.54) is 0 Å². The summed E-state index contributed by atoms with van der Waals surface area (Å²) in [6.07, 6.45) is 1.69. The van der Waals surface area contributed by atoms with Gasteiger partial charge in [-0.1, -0.05) is 0 Å². The molecule has 6 nitrogen and oxygen atoms in total. The van der Waals surface area contributed by atoms with Crippen molar-refractivity contribution in [3.8, 4) is 5.75 Å². The predicted octanol–water partition coefficient (Wildman–Crippen LogP) is 2.52. The number of hydrogen-bond acceptors (Lipinski definition) is 4. The second kappa shape index (κ2) is 5.37. The standard InChI is InChI=1S/C14H16ClN5O/c1-9(14-18-16-8-19(14)2)20-12-6-10(21-3)4-5-11(12)17-13(20)7-15/h4-6,8-9H,7H2,1-3H3. The molecule has 0 amide bonds. The molecule has 0 aliphatic rings. The molecule has 3 aromatic rings. The molecule has 0 fully saturated rings. The summed E-state index contributed by atoms with van der Waals surface area (Å²) in [5.41, 5.74) is 1.86. The van der Waals surface area contributed by atoms with E-state index >= 15 is 0 Å². The third-order valence-corrected chi connectivity index (χ3v) is 3.84. The van der Waals surface area contributed by atoms with Gasteiger partial charge >= 0.3 is 0 Å². The Labute approximate surface area is 127 Å². The molecule has 2 aromatic heterocycles. The normalized spacial score (nSPS) is 12.8. The zero-order valence-corrected chi connectivity index (χ0v) is 12.9. The minimum atomic E-state index is -0.0247. The van der Waals surface area contributed by atoms with Crippen LogP contribution >= 0.6 is 11.6 Å². The van der Waals surface area contributed by atoms with E-state index in [0.717, 1.165) is 28.4 Å². The third kappa shape index (κ3) is 2.25. The molecule has 1 unspecified atom stereocenters. The lowest BCUT2D eigenvalue weighted by molar-refractivity contribution is 0.415. The van der Waals surface area contributed by atoms with Crippen molar-refractivity contribution >= 4 is 22.6 Å². The number of nitrogens with zero attached hydrogens (tertiary/aromatic N) is 5. The molecule has 0 bridgehead atoms. The number of imidazole rings is 1. The zero-order chi connectivity index (χ0) is 15.0. The summed E-state index contributed by atoms with van der Waals surface area (Å²) in [5.74, 6) is 2.77. The van der Waals surface area contributed by atoms with Gasteiger partial charge < -0.3 is 13.9 Å². The van der Waals surface area contributed by atoms with E-state index in [9.17, 15) is 0 Å². The fraction of sp³-hybridized carbons (Fsp3) is 0.357. The SMILES string of the molecule is COc1ccc2nc(CCl)n(C(C)c3nncn3C)c2c1. The number of fused-ring (bicyclic) bond motifs is 1. The maximum Gasteiger partial charge on any atom is 0.155 e. The van der Waals surface area contributed by atoms with E-state index in [-0.39, 0.29) is 6.04 Å². The lowest BCUT2D eigenvalue weighted by Crippen LogP contribution is -2.14. The highest BCUT2D eigenvalue weighted by atomic mass is 35.5. The lowest BCUT2D eigenvalue weighted by atomic mass is 10.2. The number of aromatic nitrogens is 5. The van der Waals surface area contributed by atoms with E-state index in [4.69, 9.17) is 16.3 Å². The molecule has 1 aromatic carbocycles. The van der Waals surface area contributed by atoms with Gasteiger partial charge in [-0.3, -0.25) is 0 Å². The maximum absolute atomic E-state index is 6.07. The zero-order valence-electron chi connectivity index (χ0n) is 12.1. The van der Waals surface area contributed by atoms with Crippen LogP contribution in [0.1, 0.15) is 24.6 Å². The van der Waals surface area contributed by atoms with Gasteiger partial charge in [0.15, 0.2) is 5.82 Å². The Morgan fingerprint density at radius 1 is 1.38 bits per heavy atom. The Kier molecular flexibility index (Phi) is 3.55. The highest BCUT2D eigenvalue weighted by Gasteiger charge is 2.20. The quantitative estimate of drug-likeness (QED) is 0.695. The number of methoxy groups -OCH3 is 1. The number of aryl methyl sites for hydroxylation is 1. The van der Waals surface area contributed by atoms with Crippen LogP contribution in [0.4, 0.5) is 0 Å². The first-order chi connectivity index (χ1) is 10.2. The number of alkyl halides is 1. The molecule has 0 radical (unpaired) electrons. The number of ether oxygens (including phenoxy) is 1. The first kappa shape index (κ1) is 13.9. The summed E-state index contributed by atoms with van der Waals surface area (Å²) in [5, 5.41) is 8.13. The van der Waals surface area contributed by atoms with E-state index in [2.05, 4.69) is 26.7 Å². The van der Waals surface area contributed by atoms with Crippen molar-refractivity contribution in [1.82, 2.24) is 24.3 Å². The van der Waals surface area contributed by atoms with Gasteiger partial charge in [0.1, 0.15) is 17.9 Å². The first-order valence-corrected chi connectivity index (χ1v) is 7.14. The number of rotatable bonds is 4. The van der Waals surface area contributed by atoms with Crippen LogP contribution in [0.5, 0.6) is 5.75 Å². The van der Waals surface area contributed by atoms with Gasteiger partial charge in [0.05, 0.1) is 30.1 Å². The van der Waals surface area contributed by atoms with E-state index < -0.39 is 0 Å². The van der Waals surface area contributed by atoms with Crippen molar-refractivity contribution in [1.29, 1.82) is 0 Å². The molecule has 21 heavy (non-hydrogen) atoms. The largest absolute Gasteiger partial charge is 0.497 e. The van der Waals surface area contributed by atoms with E-state index in [0.29, 0.717) is 5.88 Å². The van der Waals surface area contributed by atoms with Gasteiger partial charge in [-0.05, 0) is 19.1 Å². The average Bonchev–Trinajstić information content (AvgIpc) is 3.08. The molecule has 110 valence electrons. The predicted molar refractivity (Wildman–Crippen MR) is 80.7 cm³/mol. The molecule has 0 saturated carbocycles. The molecule has 0 aliphatic carbocycles. The van der Waals surface area contributed by atoms with Gasteiger partial charge in [0.2, 0.25) is 0 Å². The summed E-state index contributed by atoms with van der Waals surface area (Å²) in [6, 6.07) is 5.77. The van der Waals surface area contributed by atoms with Gasteiger partial charge in [0.25, 0.3) is 0 Å². The van der Waals surface area contributed by atoms with Gasteiger partial charge in [-0.25, -0.2) is 4.98 Å². The highest BCUT2D eigenvalue weighted by Crippen LogP contribution is 2.28. The smallest absolute Gasteiger partial charge is 0.155 e. The minimum Gasteiger partial charge on any atom is -0.497 e. The highest BCUT2D eigenvalue weighted by molar-refractivity contribution is 6.16. The lowest BCUT2D eigenvalue weighted by Gasteiger charge is -2.16. The minimum absolute atomic E-state index is 0.0247. The second-order valence-electron chi connectivity index (χ2n) is 4.86. The van der Waals surface area contributed by atoms with Crippen LogP contribution in [0.2, 0.25) is 0 Å². The fourth-order valence-electron chi connectivity index (χ4n) is 2.56. The summed E-state index contributed by atoms with van der Waals surface area (Å²) in [4.78, 5) is 4.59. The van der Waals surface area contributed by atoms with Crippen molar-refractivity contribution in [2.75, 3.05) is 7.11 Å². The van der Waals surface area contributed by atoms with Crippen molar-refractivity contribution < 1.29 is 4.74 Å². The average molecular weight is 306 g/mol. The molecule has 0 spiro atoms. The summed E-state index contributed by atoms with van der Waals surface area (Å²) < 4.78 is 9.28. The van der Waals surface area contributed by atoms with E-state index in [1.54, 1.807) is 13.4 Å². The van der Waals surface area contributed by atoms with Crippen LogP contribution in [0, 0.1) is 0 Å². The molecule has 3 rings (SSSR count). The first-order valence-electron chi connectivity index (χ1n) is 6.60. The topological polar surface area (TPSA) is 57.8 Å². The van der Waals surface area contributed by atoms with Gasteiger partial charge in [-0.15, -0.1) is 21.8 Å². The van der Waals surface area contributed by atoms with E-state index in [1.807, 2.05) is 29.8 Å². The van der Waals surface area contributed by atoms with Crippen molar-refractivity contribution in [3.05, 3.63) is 36.2 Å². The number of hydrogen-bond donors (Lipinski definition) is 0. The van der Waals surface area contributed by atoms with Crippen molar-refractivity contribution in [2.24, 2.45) is 7.05 Å². The van der Waals surface area contributed by atoms with Crippen LogP contribution in [0.25, 0.3) is 11.0 Å². The Morgan fingerprint density at radius 2 is 2.19 bits per heavy atom. The van der Waals surface area contributed by atoms with Crippen molar-refractivity contribution in [3.63, 3.8) is 0 Å². The molecular weight excluding hydrogens is 290 g/mol. The van der Waals surface area contributed by atoms with Crippen molar-refractivity contribution in [2.45, 2.75) is 18.8 Å². The molecule has 2 heterocycles. The van der Waals surface area contributed by atoms with Gasteiger partial charge in [0, 0.05) is 13.1 Å². The van der Waals surface area contributed by atoms with Crippen LogP contribution in [0.15, 0.2) is 24.5 Å². The maximum atomic E-state index is 6.07. The second-order valence-corrected chi connectivity index (χ2v) is 5.13. The summed E-state index contributed by atoms with van der Waals surface area (Å²) in [7, 11) is 3.57. The fourth-order valence-corrected chi connectivity index (χ4v) is 2.75. The monoisotopic (exact) mass is 305 g/mol. The summed E-state index contributed by atoms with van der Waals surface area (Å²) in [6.45, 7) is 2.06. The molecule has 0 aliphatic heterocycles. The van der Waals surface area contributed by atoms with Crippen LogP contribution in [-0.4, -0.2) is 31.4 Å². The summed E-state index contributed by atoms with van der Waals surface area (Å²) >= 11 is 6.07. The molecular formula is C14H16ClN5O. The molecule has 0 saturated heterocycles. The Morgan fingerprint density at radius 3 is 2.81 bits per heavy atom. The molecule has 7 heteroatoms. The Hall–Kier alpha value is -2.08.